The van der Waals surface area contributed by atoms with E-state index in [1.54, 1.807) is 12.1 Å². The van der Waals surface area contributed by atoms with Gasteiger partial charge in [0.1, 0.15) is 0 Å². The van der Waals surface area contributed by atoms with Gasteiger partial charge in [0.05, 0.1) is 6.10 Å². The number of rotatable bonds is 6. The molecule has 6 nitrogen and oxygen atoms in total. The molecule has 1 atom stereocenters. The van der Waals surface area contributed by atoms with Gasteiger partial charge >= 0.3 is 6.03 Å². The fraction of sp³-hybridized carbons (Fsp3) is 0.417. The van der Waals surface area contributed by atoms with Crippen molar-refractivity contribution in [2.45, 2.75) is 39.3 Å². The van der Waals surface area contributed by atoms with Crippen LogP contribution in [0.15, 0.2) is 42.5 Å². The first-order valence-electron chi connectivity index (χ1n) is 10.6. The van der Waals surface area contributed by atoms with E-state index in [1.807, 2.05) is 49.1 Å². The fourth-order valence-electron chi connectivity index (χ4n) is 4.34. The number of nitrogens with zero attached hydrogens (tertiary/aromatic N) is 1. The minimum atomic E-state index is -0.826. The number of nitrogen functional groups attached to an aromatic ring is 1. The van der Waals surface area contributed by atoms with E-state index in [4.69, 9.17) is 22.7 Å². The van der Waals surface area contributed by atoms with E-state index in [-0.39, 0.29) is 11.9 Å². The molecule has 1 saturated heterocycles. The van der Waals surface area contributed by atoms with Gasteiger partial charge < -0.3 is 26.5 Å². The molecule has 0 spiro atoms. The predicted molar refractivity (Wildman–Crippen MR) is 125 cm³/mol. The van der Waals surface area contributed by atoms with Gasteiger partial charge in [0, 0.05) is 47.7 Å². The zero-order valence-corrected chi connectivity index (χ0v) is 18.8. The maximum atomic E-state index is 12.5. The zero-order valence-electron chi connectivity index (χ0n) is 18.1. The van der Waals surface area contributed by atoms with Gasteiger partial charge in [0.2, 0.25) is 0 Å². The number of hydrogen-bond donors (Lipinski definition) is 4. The summed E-state index contributed by atoms with van der Waals surface area (Å²) in [6.07, 6.45) is 1.91. The van der Waals surface area contributed by atoms with Gasteiger partial charge in [-0.1, -0.05) is 55.8 Å². The summed E-state index contributed by atoms with van der Waals surface area (Å²) in [6, 6.07) is 13.1. The summed E-state index contributed by atoms with van der Waals surface area (Å²) in [5.74, 6) is 0.211. The number of hydrogen-bond acceptors (Lipinski definition) is 4. The Hall–Kier alpha value is -2.57. The monoisotopic (exact) mass is 442 g/mol. The fourth-order valence-corrected chi connectivity index (χ4v) is 4.58. The molecule has 5 N–H and O–H groups in total. The second-order valence-electron chi connectivity index (χ2n) is 8.77. The van der Waals surface area contributed by atoms with Gasteiger partial charge in [-0.25, -0.2) is 4.79 Å². The molecule has 1 fully saturated rings. The Balaban J connectivity index is 1.62. The van der Waals surface area contributed by atoms with Gasteiger partial charge in [0.15, 0.2) is 0 Å². The Kier molecular flexibility index (Phi) is 7.23. The number of nitrogens with one attached hydrogen (secondary N) is 2. The van der Waals surface area contributed by atoms with Crippen molar-refractivity contribution >= 4 is 29.5 Å². The number of urea groups is 1. The SMILES string of the molecule is CC(C)(C1CCN(C(=O)NCc2ccccc2)CC1)C(O)c1cc(Cl)cc(C=N)c1N. The van der Waals surface area contributed by atoms with Crippen LogP contribution < -0.4 is 11.1 Å². The smallest absolute Gasteiger partial charge is 0.317 e. The molecule has 0 aromatic heterocycles. The largest absolute Gasteiger partial charge is 0.398 e. The van der Waals surface area contributed by atoms with Crippen molar-refractivity contribution in [1.29, 1.82) is 5.41 Å². The molecule has 2 amide bonds. The number of aliphatic hydroxyl groups excluding tert-OH is 1. The highest BCUT2D eigenvalue weighted by atomic mass is 35.5. The van der Waals surface area contributed by atoms with Crippen LogP contribution in [-0.2, 0) is 6.54 Å². The number of carbonyl (C=O) groups excluding carboxylic acids is 1. The highest BCUT2D eigenvalue weighted by Crippen LogP contribution is 2.46. The number of carbonyl (C=O) groups is 1. The van der Waals surface area contributed by atoms with Crippen molar-refractivity contribution in [1.82, 2.24) is 10.2 Å². The number of anilines is 1. The van der Waals surface area contributed by atoms with Crippen molar-refractivity contribution in [2.24, 2.45) is 11.3 Å². The number of nitrogens with two attached hydrogens (primary N) is 1. The molecule has 0 bridgehead atoms. The van der Waals surface area contributed by atoms with E-state index >= 15 is 0 Å². The summed E-state index contributed by atoms with van der Waals surface area (Å²) in [5, 5.41) is 22.2. The molecular formula is C24H31ClN4O2. The summed E-state index contributed by atoms with van der Waals surface area (Å²) in [7, 11) is 0. The average Bonchev–Trinajstić information content (AvgIpc) is 2.79. The third kappa shape index (κ3) is 5.20. The van der Waals surface area contributed by atoms with E-state index in [1.165, 1.54) is 0 Å². The summed E-state index contributed by atoms with van der Waals surface area (Å²) in [5.41, 5.74) is 8.25. The molecule has 1 heterocycles. The highest BCUT2D eigenvalue weighted by Gasteiger charge is 2.40. The molecule has 3 rings (SSSR count). The Bertz CT molecular complexity index is 925. The van der Waals surface area contributed by atoms with Crippen molar-refractivity contribution in [3.05, 3.63) is 64.2 Å². The van der Waals surface area contributed by atoms with Crippen LogP contribution in [0.1, 0.15) is 49.5 Å². The average molecular weight is 443 g/mol. The third-order valence-corrected chi connectivity index (χ3v) is 6.70. The first kappa shape index (κ1) is 23.1. The maximum absolute atomic E-state index is 12.5. The molecule has 166 valence electrons. The number of aliphatic hydroxyl groups is 1. The van der Waals surface area contributed by atoms with Crippen LogP contribution >= 0.6 is 11.6 Å². The Morgan fingerprint density at radius 3 is 2.58 bits per heavy atom. The maximum Gasteiger partial charge on any atom is 0.317 e. The summed E-state index contributed by atoms with van der Waals surface area (Å²) < 4.78 is 0. The molecule has 1 aliphatic rings. The molecule has 0 aliphatic carbocycles. The second kappa shape index (κ2) is 9.71. The molecule has 1 aliphatic heterocycles. The van der Waals surface area contributed by atoms with E-state index in [0.29, 0.717) is 41.5 Å². The Labute approximate surface area is 188 Å². The third-order valence-electron chi connectivity index (χ3n) is 6.48. The summed E-state index contributed by atoms with van der Waals surface area (Å²) >= 11 is 6.19. The standard InChI is InChI=1S/C24H31ClN4O2/c1-24(2,22(30)20-13-19(25)12-17(14-26)21(20)27)18-8-10-29(11-9-18)23(31)28-15-16-6-4-3-5-7-16/h3-7,12-14,18,22,26,30H,8-11,15,27H2,1-2H3,(H,28,31). The van der Waals surface area contributed by atoms with Gasteiger partial charge in [-0.05, 0) is 41.9 Å². The molecular weight excluding hydrogens is 412 g/mol. The van der Waals surface area contributed by atoms with E-state index < -0.39 is 11.5 Å². The lowest BCUT2D eigenvalue weighted by atomic mass is 9.68. The Morgan fingerprint density at radius 2 is 1.97 bits per heavy atom. The number of piperidine rings is 1. The van der Waals surface area contributed by atoms with Crippen LogP contribution in [0.25, 0.3) is 0 Å². The van der Waals surface area contributed by atoms with Gasteiger partial charge in [-0.2, -0.15) is 0 Å². The molecule has 7 heteroatoms. The first-order chi connectivity index (χ1) is 14.7. The normalized spacial score (nSPS) is 16.1. The number of amides is 2. The number of benzene rings is 2. The highest BCUT2D eigenvalue weighted by molar-refractivity contribution is 6.31. The van der Waals surface area contributed by atoms with E-state index in [0.717, 1.165) is 24.6 Å². The van der Waals surface area contributed by atoms with Crippen molar-refractivity contribution in [2.75, 3.05) is 18.8 Å². The predicted octanol–water partition coefficient (Wildman–Crippen LogP) is 4.60. The lowest BCUT2D eigenvalue weighted by Crippen LogP contribution is -2.47. The van der Waals surface area contributed by atoms with Crippen molar-refractivity contribution in [3.63, 3.8) is 0 Å². The lowest BCUT2D eigenvalue weighted by molar-refractivity contribution is -0.0146. The van der Waals surface area contributed by atoms with Crippen LogP contribution in [0, 0.1) is 16.7 Å². The van der Waals surface area contributed by atoms with E-state index in [9.17, 15) is 9.90 Å². The molecule has 1 unspecified atom stereocenters. The molecule has 0 radical (unpaired) electrons. The second-order valence-corrected chi connectivity index (χ2v) is 9.21. The van der Waals surface area contributed by atoms with Crippen LogP contribution in [0.5, 0.6) is 0 Å². The first-order valence-corrected chi connectivity index (χ1v) is 11.0. The molecule has 0 saturated carbocycles. The van der Waals surface area contributed by atoms with Crippen LogP contribution in [0.3, 0.4) is 0 Å². The van der Waals surface area contributed by atoms with Gasteiger partial charge in [-0.15, -0.1) is 0 Å². The quantitative estimate of drug-likeness (QED) is 0.388. The molecule has 2 aromatic carbocycles. The topological polar surface area (TPSA) is 102 Å². The van der Waals surface area contributed by atoms with Crippen molar-refractivity contribution in [3.8, 4) is 0 Å². The van der Waals surface area contributed by atoms with Crippen molar-refractivity contribution < 1.29 is 9.90 Å². The summed E-state index contributed by atoms with van der Waals surface area (Å²) in [6.45, 7) is 5.83. The summed E-state index contributed by atoms with van der Waals surface area (Å²) in [4.78, 5) is 14.4. The number of likely N-dealkylation sites (tertiary alicyclic amines) is 1. The van der Waals surface area contributed by atoms with Crippen LogP contribution in [0.4, 0.5) is 10.5 Å². The Morgan fingerprint density at radius 1 is 1.32 bits per heavy atom. The van der Waals surface area contributed by atoms with Crippen LogP contribution in [0.2, 0.25) is 5.02 Å². The molecule has 2 aromatic rings. The van der Waals surface area contributed by atoms with Crippen LogP contribution in [-0.4, -0.2) is 35.3 Å². The minimum absolute atomic E-state index is 0.0598. The van der Waals surface area contributed by atoms with Gasteiger partial charge in [0.25, 0.3) is 0 Å². The zero-order chi connectivity index (χ0) is 22.6. The molecule has 31 heavy (non-hydrogen) atoms. The van der Waals surface area contributed by atoms with Gasteiger partial charge in [-0.3, -0.25) is 0 Å². The minimum Gasteiger partial charge on any atom is -0.398 e. The number of halogens is 1. The van der Waals surface area contributed by atoms with E-state index in [2.05, 4.69) is 5.32 Å². The lowest BCUT2D eigenvalue weighted by Gasteiger charge is -2.43.